The normalized spacial score (nSPS) is 17.3. The maximum Gasteiger partial charge on any atom is 0.251 e. The average Bonchev–Trinajstić information content (AvgIpc) is 3.48. The van der Waals surface area contributed by atoms with Crippen LogP contribution in [0.4, 0.5) is 5.69 Å². The summed E-state index contributed by atoms with van der Waals surface area (Å²) in [5, 5.41) is 6.97. The van der Waals surface area contributed by atoms with Crippen LogP contribution in [0.2, 0.25) is 0 Å². The second-order valence-corrected chi connectivity index (χ2v) is 8.48. The van der Waals surface area contributed by atoms with Crippen molar-refractivity contribution in [2.45, 2.75) is 18.9 Å². The van der Waals surface area contributed by atoms with Crippen LogP contribution in [-0.4, -0.2) is 21.2 Å². The van der Waals surface area contributed by atoms with Crippen molar-refractivity contribution >= 4 is 39.1 Å². The summed E-state index contributed by atoms with van der Waals surface area (Å²) in [6.07, 6.45) is 4.35. The second-order valence-electron chi connectivity index (χ2n) is 7.64. The summed E-state index contributed by atoms with van der Waals surface area (Å²) < 4.78 is 5.22. The Bertz CT molecular complexity index is 1240. The van der Waals surface area contributed by atoms with Gasteiger partial charge in [-0.05, 0) is 71.9 Å². The van der Waals surface area contributed by atoms with Crippen LogP contribution in [0, 0.1) is 5.92 Å². The number of rotatable bonds is 6. The number of nitrogens with zero attached hydrogens (tertiary/aromatic N) is 2. The van der Waals surface area contributed by atoms with E-state index in [1.54, 1.807) is 6.20 Å². The molecule has 2 N–H and O–H groups in total. The van der Waals surface area contributed by atoms with Crippen LogP contribution in [0.15, 0.2) is 73.1 Å². The Hall–Kier alpha value is -3.58. The summed E-state index contributed by atoms with van der Waals surface area (Å²) in [5.41, 5.74) is 3.29. The van der Waals surface area contributed by atoms with Gasteiger partial charge in [-0.25, -0.2) is 0 Å². The minimum atomic E-state index is -0.138. The topological polar surface area (TPSA) is 84.0 Å². The summed E-state index contributed by atoms with van der Waals surface area (Å²) >= 11 is 1.42. The molecule has 1 unspecified atom stereocenters. The van der Waals surface area contributed by atoms with Crippen LogP contribution in [0.5, 0.6) is 0 Å². The first kappa shape index (κ1) is 19.4. The Kier molecular flexibility index (Phi) is 5.18. The van der Waals surface area contributed by atoms with Crippen molar-refractivity contribution in [2.24, 2.45) is 5.92 Å². The Morgan fingerprint density at radius 2 is 1.94 bits per heavy atom. The van der Waals surface area contributed by atoms with E-state index < -0.39 is 0 Å². The number of fused-ring (bicyclic) bond motifs is 1. The van der Waals surface area contributed by atoms with Crippen molar-refractivity contribution in [3.05, 3.63) is 89.9 Å². The number of pyridine rings is 1. The Morgan fingerprint density at radius 3 is 2.74 bits per heavy atom. The monoisotopic (exact) mass is 428 g/mol. The zero-order valence-corrected chi connectivity index (χ0v) is 17.4. The molecule has 1 saturated carbocycles. The number of carbonyl (C=O) groups is 2. The third kappa shape index (κ3) is 4.32. The first-order valence-electron chi connectivity index (χ1n) is 10.1. The van der Waals surface area contributed by atoms with Gasteiger partial charge in [0, 0.05) is 34.9 Å². The van der Waals surface area contributed by atoms with Crippen LogP contribution >= 0.6 is 11.5 Å². The molecule has 1 aliphatic carbocycles. The molecule has 5 rings (SSSR count). The molecule has 4 aromatic rings. The van der Waals surface area contributed by atoms with Gasteiger partial charge >= 0.3 is 0 Å². The van der Waals surface area contributed by atoms with E-state index in [1.165, 1.54) is 11.5 Å². The Morgan fingerprint density at radius 1 is 1.06 bits per heavy atom. The fraction of sp³-hybridized carbons (Fsp3) is 0.167. The third-order valence-corrected chi connectivity index (χ3v) is 6.27. The first-order chi connectivity index (χ1) is 15.2. The van der Waals surface area contributed by atoms with Gasteiger partial charge in [-0.2, -0.15) is 4.37 Å². The maximum atomic E-state index is 12.6. The molecule has 0 aliphatic heterocycles. The van der Waals surface area contributed by atoms with E-state index in [1.807, 2.05) is 66.9 Å². The van der Waals surface area contributed by atoms with Crippen LogP contribution in [0.25, 0.3) is 10.1 Å². The summed E-state index contributed by atoms with van der Waals surface area (Å²) in [6, 6.07) is 19.0. The lowest BCUT2D eigenvalue weighted by Gasteiger charge is -2.07. The van der Waals surface area contributed by atoms with Crippen molar-refractivity contribution in [3.63, 3.8) is 0 Å². The Balaban J connectivity index is 1.17. The van der Waals surface area contributed by atoms with Crippen LogP contribution in [0.3, 0.4) is 0 Å². The quantitative estimate of drug-likeness (QED) is 0.478. The highest BCUT2D eigenvalue weighted by atomic mass is 32.1. The fourth-order valence-corrected chi connectivity index (χ4v) is 4.37. The van der Waals surface area contributed by atoms with Crippen molar-refractivity contribution in [1.29, 1.82) is 0 Å². The number of benzene rings is 2. The molecule has 7 heteroatoms. The lowest BCUT2D eigenvalue weighted by Crippen LogP contribution is -2.23. The van der Waals surface area contributed by atoms with E-state index in [-0.39, 0.29) is 23.7 Å². The highest BCUT2D eigenvalue weighted by molar-refractivity contribution is 7.13. The lowest BCUT2D eigenvalue weighted by molar-refractivity contribution is -0.117. The van der Waals surface area contributed by atoms with E-state index in [2.05, 4.69) is 20.0 Å². The SMILES string of the molecule is O=C(NCc1ccccn1)c1ccc(C2C[C@H]2C(=O)Nc2ccc3cnsc3c2)cc1. The smallest absolute Gasteiger partial charge is 0.251 e. The first-order valence-corrected chi connectivity index (χ1v) is 10.9. The van der Waals surface area contributed by atoms with Crippen LogP contribution in [0.1, 0.15) is 34.0 Å². The van der Waals surface area contributed by atoms with Gasteiger partial charge in [0.15, 0.2) is 0 Å². The summed E-state index contributed by atoms with van der Waals surface area (Å²) in [6.45, 7) is 0.389. The molecule has 6 nitrogen and oxygen atoms in total. The fourth-order valence-electron chi connectivity index (χ4n) is 3.68. The van der Waals surface area contributed by atoms with E-state index >= 15 is 0 Å². The number of aromatic nitrogens is 2. The molecule has 1 aliphatic rings. The van der Waals surface area contributed by atoms with Crippen molar-refractivity contribution < 1.29 is 9.59 Å². The highest BCUT2D eigenvalue weighted by Crippen LogP contribution is 2.48. The maximum absolute atomic E-state index is 12.6. The zero-order valence-electron chi connectivity index (χ0n) is 16.6. The van der Waals surface area contributed by atoms with E-state index in [0.717, 1.165) is 33.5 Å². The number of amides is 2. The molecule has 0 radical (unpaired) electrons. The molecule has 0 bridgehead atoms. The molecule has 1 fully saturated rings. The van der Waals surface area contributed by atoms with E-state index in [0.29, 0.717) is 12.1 Å². The van der Waals surface area contributed by atoms with Gasteiger partial charge in [0.05, 0.1) is 16.9 Å². The van der Waals surface area contributed by atoms with Crippen LogP contribution < -0.4 is 10.6 Å². The number of anilines is 1. The predicted octanol–water partition coefficient (Wildman–Crippen LogP) is 4.36. The molecule has 2 heterocycles. The van der Waals surface area contributed by atoms with E-state index in [9.17, 15) is 9.59 Å². The standard InChI is InChI=1S/C24H20N4O2S/c29-23(26-14-19-3-1-2-10-25-19)16-6-4-15(5-7-16)20-12-21(20)24(30)28-18-9-8-17-13-27-31-22(17)11-18/h1-11,13,20-21H,12,14H2,(H,26,29)(H,28,30)/t20?,21-/m1/s1. The van der Waals surface area contributed by atoms with Gasteiger partial charge in [-0.3, -0.25) is 14.6 Å². The van der Waals surface area contributed by atoms with Crippen molar-refractivity contribution in [2.75, 3.05) is 5.32 Å². The highest BCUT2D eigenvalue weighted by Gasteiger charge is 2.43. The predicted molar refractivity (Wildman–Crippen MR) is 121 cm³/mol. The molecular weight excluding hydrogens is 408 g/mol. The van der Waals surface area contributed by atoms with Gasteiger partial charge < -0.3 is 10.6 Å². The lowest BCUT2D eigenvalue weighted by atomic mass is 10.1. The molecule has 2 aromatic carbocycles. The minimum Gasteiger partial charge on any atom is -0.346 e. The molecule has 31 heavy (non-hydrogen) atoms. The summed E-state index contributed by atoms with van der Waals surface area (Å²) in [7, 11) is 0. The second kappa shape index (κ2) is 8.28. The number of carbonyl (C=O) groups excluding carboxylic acids is 2. The van der Waals surface area contributed by atoms with Crippen LogP contribution in [-0.2, 0) is 11.3 Å². The van der Waals surface area contributed by atoms with Gasteiger partial charge in [0.1, 0.15) is 0 Å². The van der Waals surface area contributed by atoms with Gasteiger partial charge in [-0.15, -0.1) is 0 Å². The number of nitrogens with one attached hydrogen (secondary N) is 2. The summed E-state index contributed by atoms with van der Waals surface area (Å²) in [4.78, 5) is 29.2. The molecular formula is C24H20N4O2S. The molecule has 2 amide bonds. The Labute approximate surface area is 183 Å². The number of hydrogen-bond donors (Lipinski definition) is 2. The molecule has 2 aromatic heterocycles. The zero-order chi connectivity index (χ0) is 21.2. The largest absolute Gasteiger partial charge is 0.346 e. The molecule has 154 valence electrons. The molecule has 0 spiro atoms. The third-order valence-electron chi connectivity index (χ3n) is 5.51. The minimum absolute atomic E-state index is 0.0334. The number of hydrogen-bond acceptors (Lipinski definition) is 5. The van der Waals surface area contributed by atoms with Crippen molar-refractivity contribution in [3.8, 4) is 0 Å². The molecule has 2 atom stereocenters. The van der Waals surface area contributed by atoms with Gasteiger partial charge in [-0.1, -0.05) is 18.2 Å². The van der Waals surface area contributed by atoms with Crippen molar-refractivity contribution in [1.82, 2.24) is 14.7 Å². The van der Waals surface area contributed by atoms with E-state index in [4.69, 9.17) is 0 Å². The van der Waals surface area contributed by atoms with Gasteiger partial charge in [0.2, 0.25) is 5.91 Å². The van der Waals surface area contributed by atoms with Gasteiger partial charge in [0.25, 0.3) is 5.91 Å². The molecule has 0 saturated heterocycles. The summed E-state index contributed by atoms with van der Waals surface area (Å²) in [5.74, 6) is 0.0468. The average molecular weight is 429 g/mol.